The Morgan fingerprint density at radius 1 is 0.800 bits per heavy atom. The lowest BCUT2D eigenvalue weighted by Gasteiger charge is -2.38. The summed E-state index contributed by atoms with van der Waals surface area (Å²) in [5, 5.41) is 0. The van der Waals surface area contributed by atoms with Gasteiger partial charge >= 0.3 is 0 Å². The molecule has 0 saturated carbocycles. The molecule has 0 radical (unpaired) electrons. The van der Waals surface area contributed by atoms with Gasteiger partial charge in [0.05, 0.1) is 11.1 Å². The molecule has 0 saturated heterocycles. The lowest BCUT2D eigenvalue weighted by molar-refractivity contribution is 0.745. The van der Waals surface area contributed by atoms with Crippen molar-refractivity contribution in [3.05, 3.63) is 129 Å². The fourth-order valence-electron chi connectivity index (χ4n) is 5.12. The van der Waals surface area contributed by atoms with Crippen LogP contribution in [0.3, 0.4) is 0 Å². The third-order valence-electron chi connectivity index (χ3n) is 6.60. The molecular formula is C29H25N. The second-order valence-corrected chi connectivity index (χ2v) is 8.46. The summed E-state index contributed by atoms with van der Waals surface area (Å²) in [7, 11) is 0. The number of aryl methyl sites for hydroxylation is 2. The Morgan fingerprint density at radius 3 is 2.00 bits per heavy atom. The van der Waals surface area contributed by atoms with Gasteiger partial charge in [0.2, 0.25) is 0 Å². The summed E-state index contributed by atoms with van der Waals surface area (Å²) < 4.78 is 0. The summed E-state index contributed by atoms with van der Waals surface area (Å²) in [5.74, 6) is 0. The van der Waals surface area contributed by atoms with Crippen molar-refractivity contribution in [2.24, 2.45) is 4.99 Å². The summed E-state index contributed by atoms with van der Waals surface area (Å²) in [5.41, 5.74) is 13.4. The SMILES string of the molecule is C=NC(=C)c1ccc(C2(c3ccc(C)cc3)C3=C(C=C3C)c3ccc(C)cc32)cc1. The largest absolute Gasteiger partial charge is 0.265 e. The Labute approximate surface area is 178 Å². The lowest BCUT2D eigenvalue weighted by atomic mass is 9.63. The zero-order chi connectivity index (χ0) is 21.0. The first kappa shape index (κ1) is 18.6. The van der Waals surface area contributed by atoms with Gasteiger partial charge in [-0.1, -0.05) is 90.5 Å². The van der Waals surface area contributed by atoms with Crippen molar-refractivity contribution in [2.75, 3.05) is 0 Å². The smallest absolute Gasteiger partial charge is 0.0716 e. The van der Waals surface area contributed by atoms with Crippen LogP contribution in [0.2, 0.25) is 0 Å². The molecule has 0 aliphatic heterocycles. The zero-order valence-corrected chi connectivity index (χ0v) is 17.8. The van der Waals surface area contributed by atoms with Gasteiger partial charge in [0.1, 0.15) is 0 Å². The van der Waals surface area contributed by atoms with Gasteiger partial charge in [-0.15, -0.1) is 0 Å². The van der Waals surface area contributed by atoms with E-state index in [2.05, 4.69) is 112 Å². The Kier molecular flexibility index (Phi) is 4.04. The fourth-order valence-corrected chi connectivity index (χ4v) is 5.12. The predicted octanol–water partition coefficient (Wildman–Crippen LogP) is 7.04. The van der Waals surface area contributed by atoms with Crippen molar-refractivity contribution in [3.8, 4) is 0 Å². The Hall–Kier alpha value is -3.45. The van der Waals surface area contributed by atoms with Gasteiger partial charge in [-0.25, -0.2) is 0 Å². The Balaban J connectivity index is 1.84. The van der Waals surface area contributed by atoms with E-state index in [1.807, 2.05) is 0 Å². The highest BCUT2D eigenvalue weighted by Gasteiger charge is 2.50. The maximum Gasteiger partial charge on any atom is 0.0716 e. The molecule has 2 aliphatic carbocycles. The highest BCUT2D eigenvalue weighted by atomic mass is 14.7. The maximum absolute atomic E-state index is 4.01. The van der Waals surface area contributed by atoms with Crippen LogP contribution in [-0.2, 0) is 5.41 Å². The standard InChI is InChI=1S/C29H25N/c1-18-6-11-23(12-7-18)29(24-13-9-22(10-14-24)21(4)30-5)27-16-19(2)8-15-25(27)26-17-20(3)28(26)29/h6-17H,4-5H2,1-3H3. The number of fused-ring (bicyclic) bond motifs is 2. The van der Waals surface area contributed by atoms with Crippen molar-refractivity contribution in [3.63, 3.8) is 0 Å². The van der Waals surface area contributed by atoms with E-state index < -0.39 is 0 Å². The summed E-state index contributed by atoms with van der Waals surface area (Å²) in [4.78, 5) is 4.01. The average molecular weight is 388 g/mol. The summed E-state index contributed by atoms with van der Waals surface area (Å²) in [6.45, 7) is 14.2. The third-order valence-corrected chi connectivity index (χ3v) is 6.60. The van der Waals surface area contributed by atoms with E-state index in [0.717, 1.165) is 5.56 Å². The number of benzene rings is 3. The van der Waals surface area contributed by atoms with Crippen LogP contribution in [0.25, 0.3) is 11.3 Å². The van der Waals surface area contributed by atoms with Gasteiger partial charge in [-0.05, 0) is 72.0 Å². The number of rotatable bonds is 4. The van der Waals surface area contributed by atoms with Gasteiger partial charge < -0.3 is 0 Å². The number of hydrogen-bond acceptors (Lipinski definition) is 1. The summed E-state index contributed by atoms with van der Waals surface area (Å²) in [6, 6.07) is 24.6. The molecule has 146 valence electrons. The minimum atomic E-state index is -0.301. The monoisotopic (exact) mass is 387 g/mol. The van der Waals surface area contributed by atoms with E-state index >= 15 is 0 Å². The molecule has 0 spiro atoms. The zero-order valence-electron chi connectivity index (χ0n) is 17.8. The van der Waals surface area contributed by atoms with Crippen LogP contribution in [0.15, 0.2) is 95.5 Å². The molecule has 0 bridgehead atoms. The second kappa shape index (κ2) is 6.53. The normalized spacial score (nSPS) is 19.0. The molecule has 5 rings (SSSR count). The van der Waals surface area contributed by atoms with Crippen LogP contribution < -0.4 is 0 Å². The van der Waals surface area contributed by atoms with Crippen LogP contribution in [0.5, 0.6) is 0 Å². The molecule has 1 nitrogen and oxygen atoms in total. The van der Waals surface area contributed by atoms with Crippen molar-refractivity contribution in [2.45, 2.75) is 26.2 Å². The second-order valence-electron chi connectivity index (χ2n) is 8.46. The van der Waals surface area contributed by atoms with Gasteiger partial charge in [0.15, 0.2) is 0 Å². The molecule has 0 amide bonds. The first-order valence-corrected chi connectivity index (χ1v) is 10.4. The molecule has 0 fully saturated rings. The Bertz CT molecular complexity index is 1270. The molecule has 3 aromatic carbocycles. The van der Waals surface area contributed by atoms with Gasteiger partial charge in [-0.3, -0.25) is 4.99 Å². The number of allylic oxidation sites excluding steroid dienone is 4. The molecular weight excluding hydrogens is 362 g/mol. The molecule has 30 heavy (non-hydrogen) atoms. The van der Waals surface area contributed by atoms with Crippen molar-refractivity contribution < 1.29 is 0 Å². The number of hydrogen-bond donors (Lipinski definition) is 0. The molecule has 3 aromatic rings. The lowest BCUT2D eigenvalue weighted by Crippen LogP contribution is -2.31. The van der Waals surface area contributed by atoms with E-state index in [9.17, 15) is 0 Å². The van der Waals surface area contributed by atoms with Gasteiger partial charge in [0, 0.05) is 0 Å². The van der Waals surface area contributed by atoms with Crippen LogP contribution in [0.1, 0.15) is 45.9 Å². The molecule has 2 aliphatic rings. The van der Waals surface area contributed by atoms with Crippen LogP contribution in [-0.4, -0.2) is 6.72 Å². The van der Waals surface area contributed by atoms with Crippen molar-refractivity contribution >= 4 is 18.0 Å². The minimum absolute atomic E-state index is 0.301. The molecule has 0 N–H and O–H groups in total. The predicted molar refractivity (Wildman–Crippen MR) is 128 cm³/mol. The molecule has 1 heteroatoms. The van der Waals surface area contributed by atoms with Crippen molar-refractivity contribution in [1.29, 1.82) is 0 Å². The highest BCUT2D eigenvalue weighted by molar-refractivity contribution is 5.99. The van der Waals surface area contributed by atoms with Crippen LogP contribution in [0, 0.1) is 13.8 Å². The van der Waals surface area contributed by atoms with Gasteiger partial charge in [-0.2, -0.15) is 0 Å². The first-order chi connectivity index (χ1) is 14.5. The van der Waals surface area contributed by atoms with E-state index in [4.69, 9.17) is 0 Å². The van der Waals surface area contributed by atoms with E-state index in [1.54, 1.807) is 0 Å². The topological polar surface area (TPSA) is 12.4 Å². The van der Waals surface area contributed by atoms with Crippen LogP contribution in [0.4, 0.5) is 0 Å². The molecule has 1 atom stereocenters. The van der Waals surface area contributed by atoms with E-state index in [0.29, 0.717) is 5.70 Å². The summed E-state index contributed by atoms with van der Waals surface area (Å²) >= 11 is 0. The number of nitrogens with zero attached hydrogens (tertiary/aromatic N) is 1. The highest BCUT2D eigenvalue weighted by Crippen LogP contribution is 2.60. The van der Waals surface area contributed by atoms with E-state index in [-0.39, 0.29) is 5.41 Å². The molecule has 0 aromatic heterocycles. The fraction of sp³-hybridized carbons (Fsp3) is 0.138. The van der Waals surface area contributed by atoms with Crippen LogP contribution >= 0.6 is 0 Å². The van der Waals surface area contributed by atoms with E-state index in [1.165, 1.54) is 50.1 Å². The molecule has 1 unspecified atom stereocenters. The minimum Gasteiger partial charge on any atom is -0.265 e. The summed E-state index contributed by atoms with van der Waals surface area (Å²) in [6.07, 6.45) is 2.33. The van der Waals surface area contributed by atoms with Crippen molar-refractivity contribution in [1.82, 2.24) is 0 Å². The molecule has 0 heterocycles. The average Bonchev–Trinajstić information content (AvgIpc) is 2.99. The van der Waals surface area contributed by atoms with Gasteiger partial charge in [0.25, 0.3) is 0 Å². The number of aliphatic imine (C=N–C) groups is 1. The quantitative estimate of drug-likeness (QED) is 0.426. The maximum atomic E-state index is 4.01. The first-order valence-electron chi connectivity index (χ1n) is 10.4. The Morgan fingerprint density at radius 2 is 1.40 bits per heavy atom. The third kappa shape index (κ3) is 2.39.